The maximum Gasteiger partial charge on any atom is 0.573 e. The molecule has 9 heteroatoms. The van der Waals surface area contributed by atoms with Crippen molar-refractivity contribution in [3.63, 3.8) is 0 Å². The zero-order valence-electron chi connectivity index (χ0n) is 18.7. The van der Waals surface area contributed by atoms with Crippen molar-refractivity contribution in [1.29, 1.82) is 0 Å². The standard InChI is InChI=1S/C25H28F3N5O/c26-25(27,28)34-22-9-5-4-8-19(22)15-31-24-32-16-21(18-6-2-1-3-7-18)23(33-24)30-14-17-10-12-20(29)13-11-17/h1-9,16-17,20H,10-15,29H2,(H2,30,31,32,33). The number of halogens is 3. The third-order valence-corrected chi connectivity index (χ3v) is 5.96. The molecule has 180 valence electrons. The quantitative estimate of drug-likeness (QED) is 0.398. The molecular weight excluding hydrogens is 443 g/mol. The van der Waals surface area contributed by atoms with Gasteiger partial charge in [-0.2, -0.15) is 4.98 Å². The van der Waals surface area contributed by atoms with E-state index in [1.807, 2.05) is 30.3 Å². The maximum absolute atomic E-state index is 12.7. The number of benzene rings is 2. The largest absolute Gasteiger partial charge is 0.573 e. The van der Waals surface area contributed by atoms with Crippen molar-refractivity contribution in [3.05, 3.63) is 66.4 Å². The SMILES string of the molecule is NC1CCC(CNc2nc(NCc3ccccc3OC(F)(F)F)ncc2-c2ccccc2)CC1. The lowest BCUT2D eigenvalue weighted by Crippen LogP contribution is -2.29. The van der Waals surface area contributed by atoms with E-state index in [2.05, 4.69) is 25.3 Å². The third-order valence-electron chi connectivity index (χ3n) is 5.96. The van der Waals surface area contributed by atoms with E-state index in [0.29, 0.717) is 23.2 Å². The molecule has 0 saturated heterocycles. The fourth-order valence-electron chi connectivity index (χ4n) is 4.11. The van der Waals surface area contributed by atoms with Gasteiger partial charge >= 0.3 is 6.36 Å². The molecular formula is C25H28F3N5O. The lowest BCUT2D eigenvalue weighted by Gasteiger charge is -2.26. The molecule has 0 radical (unpaired) electrons. The molecule has 0 amide bonds. The minimum atomic E-state index is -4.76. The van der Waals surface area contributed by atoms with Crippen LogP contribution in [0.25, 0.3) is 11.1 Å². The highest BCUT2D eigenvalue weighted by Gasteiger charge is 2.32. The first-order chi connectivity index (χ1) is 16.4. The molecule has 4 N–H and O–H groups in total. The number of hydrogen-bond acceptors (Lipinski definition) is 6. The molecule has 3 aromatic rings. The van der Waals surface area contributed by atoms with Gasteiger partial charge in [-0.05, 0) is 43.2 Å². The number of nitrogens with one attached hydrogen (secondary N) is 2. The van der Waals surface area contributed by atoms with Gasteiger partial charge < -0.3 is 21.1 Å². The van der Waals surface area contributed by atoms with Crippen molar-refractivity contribution in [2.75, 3.05) is 17.2 Å². The molecule has 34 heavy (non-hydrogen) atoms. The number of nitrogens with zero attached hydrogens (tertiary/aromatic N) is 2. The fraction of sp³-hybridized carbons (Fsp3) is 0.360. The summed E-state index contributed by atoms with van der Waals surface area (Å²) < 4.78 is 42.3. The van der Waals surface area contributed by atoms with Gasteiger partial charge in [-0.3, -0.25) is 0 Å². The average Bonchev–Trinajstić information content (AvgIpc) is 2.83. The van der Waals surface area contributed by atoms with Crippen molar-refractivity contribution in [3.8, 4) is 16.9 Å². The molecule has 0 bridgehead atoms. The lowest BCUT2D eigenvalue weighted by molar-refractivity contribution is -0.274. The molecule has 1 aliphatic carbocycles. The Morgan fingerprint density at radius 1 is 0.941 bits per heavy atom. The number of rotatable bonds is 8. The van der Waals surface area contributed by atoms with Crippen LogP contribution in [0.1, 0.15) is 31.2 Å². The summed E-state index contributed by atoms with van der Waals surface area (Å²) in [7, 11) is 0. The molecule has 1 saturated carbocycles. The number of hydrogen-bond donors (Lipinski definition) is 3. The molecule has 0 aliphatic heterocycles. The Balaban J connectivity index is 1.51. The van der Waals surface area contributed by atoms with Gasteiger partial charge in [0.2, 0.25) is 5.95 Å². The summed E-state index contributed by atoms with van der Waals surface area (Å²) in [5.74, 6) is 1.26. The maximum atomic E-state index is 12.7. The van der Waals surface area contributed by atoms with E-state index < -0.39 is 6.36 Å². The van der Waals surface area contributed by atoms with Crippen LogP contribution in [0, 0.1) is 5.92 Å². The molecule has 1 aromatic heterocycles. The molecule has 0 atom stereocenters. The molecule has 1 fully saturated rings. The smallest absolute Gasteiger partial charge is 0.405 e. The Kier molecular flexibility index (Phi) is 7.52. The van der Waals surface area contributed by atoms with Gasteiger partial charge in [-0.15, -0.1) is 13.2 Å². The first kappa shape index (κ1) is 23.8. The molecule has 1 aliphatic rings. The van der Waals surface area contributed by atoms with E-state index in [0.717, 1.165) is 43.4 Å². The normalized spacial score (nSPS) is 18.4. The minimum absolute atomic E-state index is 0.0802. The van der Waals surface area contributed by atoms with Crippen LogP contribution in [0.4, 0.5) is 24.9 Å². The van der Waals surface area contributed by atoms with E-state index >= 15 is 0 Å². The zero-order chi connectivity index (χ0) is 24.0. The number of anilines is 2. The van der Waals surface area contributed by atoms with E-state index in [1.54, 1.807) is 18.3 Å². The molecule has 2 aromatic carbocycles. The number of nitrogens with two attached hydrogens (primary N) is 1. The highest BCUT2D eigenvalue weighted by molar-refractivity contribution is 5.75. The predicted octanol–water partition coefficient (Wildman–Crippen LogP) is 5.58. The average molecular weight is 472 g/mol. The first-order valence-electron chi connectivity index (χ1n) is 11.4. The van der Waals surface area contributed by atoms with Crippen LogP contribution < -0.4 is 21.1 Å². The van der Waals surface area contributed by atoms with Crippen LogP contribution in [0.3, 0.4) is 0 Å². The van der Waals surface area contributed by atoms with Crippen LogP contribution >= 0.6 is 0 Å². The van der Waals surface area contributed by atoms with Crippen molar-refractivity contribution < 1.29 is 17.9 Å². The Bertz CT molecular complexity index is 1070. The molecule has 6 nitrogen and oxygen atoms in total. The number of aromatic nitrogens is 2. The molecule has 0 unspecified atom stereocenters. The third kappa shape index (κ3) is 6.60. The highest BCUT2D eigenvalue weighted by atomic mass is 19.4. The summed E-state index contributed by atoms with van der Waals surface area (Å²) in [6.45, 7) is 0.849. The fourth-order valence-corrected chi connectivity index (χ4v) is 4.11. The summed E-state index contributed by atoms with van der Waals surface area (Å²) in [5, 5.41) is 6.50. The summed E-state index contributed by atoms with van der Waals surface area (Å²) >= 11 is 0. The van der Waals surface area contributed by atoms with E-state index in [9.17, 15) is 13.2 Å². The highest BCUT2D eigenvalue weighted by Crippen LogP contribution is 2.30. The second-order valence-electron chi connectivity index (χ2n) is 8.49. The number of ether oxygens (including phenoxy) is 1. The van der Waals surface area contributed by atoms with Gasteiger partial charge in [0, 0.05) is 36.5 Å². The topological polar surface area (TPSA) is 85.1 Å². The summed E-state index contributed by atoms with van der Waals surface area (Å²) in [4.78, 5) is 9.04. The Hall–Kier alpha value is -3.33. The summed E-state index contributed by atoms with van der Waals surface area (Å²) in [5.41, 5.74) is 8.22. The monoisotopic (exact) mass is 471 g/mol. The second-order valence-corrected chi connectivity index (χ2v) is 8.49. The number of para-hydroxylation sites is 1. The van der Waals surface area contributed by atoms with E-state index in [4.69, 9.17) is 5.73 Å². The van der Waals surface area contributed by atoms with Crippen molar-refractivity contribution in [1.82, 2.24) is 9.97 Å². The molecule has 4 rings (SSSR count). The van der Waals surface area contributed by atoms with Crippen LogP contribution in [0.5, 0.6) is 5.75 Å². The first-order valence-corrected chi connectivity index (χ1v) is 11.4. The van der Waals surface area contributed by atoms with Gasteiger partial charge in [-0.25, -0.2) is 4.98 Å². The van der Waals surface area contributed by atoms with Gasteiger partial charge in [0.05, 0.1) is 0 Å². The second kappa shape index (κ2) is 10.7. The van der Waals surface area contributed by atoms with Crippen LogP contribution in [-0.4, -0.2) is 28.9 Å². The van der Waals surface area contributed by atoms with Gasteiger partial charge in [0.25, 0.3) is 0 Å². The summed E-state index contributed by atoms with van der Waals surface area (Å²) in [6, 6.07) is 16.1. The Labute approximate surface area is 196 Å². The lowest BCUT2D eigenvalue weighted by atomic mass is 9.86. The van der Waals surface area contributed by atoms with E-state index in [1.165, 1.54) is 12.1 Å². The van der Waals surface area contributed by atoms with Crippen molar-refractivity contribution >= 4 is 11.8 Å². The predicted molar refractivity (Wildman–Crippen MR) is 126 cm³/mol. The van der Waals surface area contributed by atoms with Crippen molar-refractivity contribution in [2.45, 2.75) is 44.6 Å². The van der Waals surface area contributed by atoms with Gasteiger partial charge in [-0.1, -0.05) is 48.5 Å². The minimum Gasteiger partial charge on any atom is -0.405 e. The van der Waals surface area contributed by atoms with Crippen LogP contribution in [0.15, 0.2) is 60.8 Å². The summed E-state index contributed by atoms with van der Waals surface area (Å²) in [6.07, 6.45) is 1.15. The van der Waals surface area contributed by atoms with E-state index in [-0.39, 0.29) is 18.3 Å². The van der Waals surface area contributed by atoms with Gasteiger partial charge in [0.15, 0.2) is 0 Å². The van der Waals surface area contributed by atoms with Crippen LogP contribution in [-0.2, 0) is 6.54 Å². The molecule has 1 heterocycles. The zero-order valence-corrected chi connectivity index (χ0v) is 18.7. The Morgan fingerprint density at radius 3 is 2.38 bits per heavy atom. The Morgan fingerprint density at radius 2 is 1.65 bits per heavy atom. The molecule has 0 spiro atoms. The van der Waals surface area contributed by atoms with Crippen LogP contribution in [0.2, 0.25) is 0 Å². The van der Waals surface area contributed by atoms with Crippen molar-refractivity contribution in [2.24, 2.45) is 11.7 Å². The van der Waals surface area contributed by atoms with Gasteiger partial charge in [0.1, 0.15) is 11.6 Å². The number of alkyl halides is 3.